The molecule has 1 N–H and O–H groups in total. The number of hydrogen-bond donors (Lipinski definition) is 1. The molecule has 0 aromatic heterocycles. The van der Waals surface area contributed by atoms with Crippen molar-refractivity contribution in [2.45, 2.75) is 58.9 Å². The van der Waals surface area contributed by atoms with Crippen LogP contribution in [0.25, 0.3) is 0 Å². The van der Waals surface area contributed by atoms with Crippen molar-refractivity contribution in [3.8, 4) is 0 Å². The second kappa shape index (κ2) is 11.0. The summed E-state index contributed by atoms with van der Waals surface area (Å²) in [6, 6.07) is 0.612. The maximum atomic E-state index is 5.51. The summed E-state index contributed by atoms with van der Waals surface area (Å²) in [5.74, 6) is 0. The van der Waals surface area contributed by atoms with E-state index in [0.29, 0.717) is 6.04 Å². The lowest BCUT2D eigenvalue weighted by Gasteiger charge is -2.07. The third kappa shape index (κ3) is 11.9. The summed E-state index contributed by atoms with van der Waals surface area (Å²) < 4.78 is 5.51. The van der Waals surface area contributed by atoms with Crippen LogP contribution in [0.15, 0.2) is 0 Å². The molecule has 0 unspecified atom stereocenters. The van der Waals surface area contributed by atoms with Crippen molar-refractivity contribution < 1.29 is 4.74 Å². The van der Waals surface area contributed by atoms with Gasteiger partial charge in [0.1, 0.15) is 0 Å². The fourth-order valence-corrected chi connectivity index (χ4v) is 1.28. The summed E-state index contributed by atoms with van der Waals surface area (Å²) in [4.78, 5) is 0. The molecule has 0 bridgehead atoms. The predicted octanol–water partition coefficient (Wildman–Crippen LogP) is 2.97. The Morgan fingerprint density at radius 1 is 1.00 bits per heavy atom. The first-order valence-corrected chi connectivity index (χ1v) is 6.08. The van der Waals surface area contributed by atoms with E-state index in [9.17, 15) is 0 Å². The van der Waals surface area contributed by atoms with Gasteiger partial charge >= 0.3 is 0 Å². The fourth-order valence-electron chi connectivity index (χ4n) is 1.28. The van der Waals surface area contributed by atoms with E-state index < -0.39 is 0 Å². The van der Waals surface area contributed by atoms with Crippen LogP contribution in [0, 0.1) is 0 Å². The van der Waals surface area contributed by atoms with Crippen LogP contribution >= 0.6 is 0 Å². The molecule has 0 spiro atoms. The van der Waals surface area contributed by atoms with Crippen molar-refractivity contribution in [1.29, 1.82) is 0 Å². The van der Waals surface area contributed by atoms with Gasteiger partial charge in [-0.1, -0.05) is 33.6 Å². The first-order valence-electron chi connectivity index (χ1n) is 6.08. The Labute approximate surface area is 89.4 Å². The Hall–Kier alpha value is -0.0800. The molecule has 86 valence electrons. The molecule has 0 radical (unpaired) electrons. The summed E-state index contributed by atoms with van der Waals surface area (Å²) in [5, 5.41) is 3.40. The average Bonchev–Trinajstić information content (AvgIpc) is 2.15. The molecule has 0 aromatic rings. The molecule has 0 saturated carbocycles. The minimum Gasteiger partial charge on any atom is -0.381 e. The molecule has 0 aromatic carbocycles. The van der Waals surface area contributed by atoms with E-state index in [4.69, 9.17) is 4.74 Å². The maximum absolute atomic E-state index is 5.51. The van der Waals surface area contributed by atoms with E-state index in [0.717, 1.165) is 19.8 Å². The Bertz CT molecular complexity index is 104. The van der Waals surface area contributed by atoms with Crippen molar-refractivity contribution in [1.82, 2.24) is 5.32 Å². The lowest BCUT2D eigenvalue weighted by molar-refractivity contribution is 0.126. The Morgan fingerprint density at radius 2 is 1.64 bits per heavy atom. The number of nitrogens with one attached hydrogen (secondary N) is 1. The van der Waals surface area contributed by atoms with Crippen molar-refractivity contribution in [3.63, 3.8) is 0 Å². The quantitative estimate of drug-likeness (QED) is 0.549. The third-order valence-electron chi connectivity index (χ3n) is 2.16. The second-order valence-corrected chi connectivity index (χ2v) is 4.14. The van der Waals surface area contributed by atoms with Gasteiger partial charge in [0, 0.05) is 19.3 Å². The van der Waals surface area contributed by atoms with Gasteiger partial charge in [0.2, 0.25) is 0 Å². The molecular formula is C12H27NO. The summed E-state index contributed by atoms with van der Waals surface area (Å²) in [6.45, 7) is 9.59. The molecule has 0 heterocycles. The van der Waals surface area contributed by atoms with Crippen LogP contribution in [0.4, 0.5) is 0 Å². The highest BCUT2D eigenvalue weighted by Gasteiger charge is 1.92. The van der Waals surface area contributed by atoms with Crippen molar-refractivity contribution in [2.75, 3.05) is 19.8 Å². The molecule has 0 aliphatic rings. The first-order chi connectivity index (χ1) is 6.77. The molecular weight excluding hydrogens is 174 g/mol. The third-order valence-corrected chi connectivity index (χ3v) is 2.16. The van der Waals surface area contributed by atoms with Crippen molar-refractivity contribution >= 4 is 0 Å². The summed E-state index contributed by atoms with van der Waals surface area (Å²) >= 11 is 0. The largest absolute Gasteiger partial charge is 0.381 e. The zero-order valence-electron chi connectivity index (χ0n) is 10.1. The van der Waals surface area contributed by atoms with E-state index in [2.05, 4.69) is 26.1 Å². The van der Waals surface area contributed by atoms with Gasteiger partial charge in [0.05, 0.1) is 0 Å². The zero-order chi connectivity index (χ0) is 10.6. The smallest absolute Gasteiger partial charge is 0.0466 e. The molecule has 2 nitrogen and oxygen atoms in total. The van der Waals surface area contributed by atoms with Gasteiger partial charge in [0.15, 0.2) is 0 Å². The van der Waals surface area contributed by atoms with Gasteiger partial charge in [-0.05, 0) is 25.8 Å². The monoisotopic (exact) mass is 201 g/mol. The van der Waals surface area contributed by atoms with Crippen LogP contribution < -0.4 is 5.32 Å². The van der Waals surface area contributed by atoms with E-state index in [1.807, 2.05) is 0 Å². The van der Waals surface area contributed by atoms with E-state index in [1.54, 1.807) is 0 Å². The summed E-state index contributed by atoms with van der Waals surface area (Å²) in [7, 11) is 0. The average molecular weight is 201 g/mol. The molecule has 0 atom stereocenters. The van der Waals surface area contributed by atoms with Gasteiger partial charge in [-0.3, -0.25) is 0 Å². The molecule has 2 heteroatoms. The van der Waals surface area contributed by atoms with Gasteiger partial charge in [-0.15, -0.1) is 0 Å². The first kappa shape index (κ1) is 13.9. The van der Waals surface area contributed by atoms with Gasteiger partial charge in [-0.2, -0.15) is 0 Å². The maximum Gasteiger partial charge on any atom is 0.0466 e. The number of hydrogen-bond acceptors (Lipinski definition) is 2. The highest BCUT2D eigenvalue weighted by molar-refractivity contribution is 4.52. The van der Waals surface area contributed by atoms with Gasteiger partial charge in [0.25, 0.3) is 0 Å². The normalized spacial score (nSPS) is 11.1. The minimum absolute atomic E-state index is 0.612. The van der Waals surface area contributed by atoms with E-state index >= 15 is 0 Å². The minimum atomic E-state index is 0.612. The lowest BCUT2D eigenvalue weighted by Crippen LogP contribution is -2.23. The van der Waals surface area contributed by atoms with Crippen LogP contribution in [0.2, 0.25) is 0 Å². The standard InChI is InChI=1S/C12H27NO/c1-4-5-7-10-14-11-8-6-9-13-12(2)3/h12-13H,4-11H2,1-3H3. The summed E-state index contributed by atoms with van der Waals surface area (Å²) in [6.07, 6.45) is 6.22. The molecule has 0 amide bonds. The van der Waals surface area contributed by atoms with E-state index in [1.165, 1.54) is 32.1 Å². The predicted molar refractivity (Wildman–Crippen MR) is 62.7 cm³/mol. The molecule has 0 saturated heterocycles. The topological polar surface area (TPSA) is 21.3 Å². The van der Waals surface area contributed by atoms with Crippen LogP contribution in [-0.2, 0) is 4.74 Å². The Kier molecular flexibility index (Phi) is 10.9. The van der Waals surface area contributed by atoms with Crippen molar-refractivity contribution in [2.24, 2.45) is 0 Å². The van der Waals surface area contributed by atoms with Crippen LogP contribution in [-0.4, -0.2) is 25.8 Å². The highest BCUT2D eigenvalue weighted by atomic mass is 16.5. The zero-order valence-corrected chi connectivity index (χ0v) is 10.1. The van der Waals surface area contributed by atoms with Crippen LogP contribution in [0.1, 0.15) is 52.9 Å². The Balaban J connectivity index is 2.85. The lowest BCUT2D eigenvalue weighted by atomic mass is 10.3. The second-order valence-electron chi connectivity index (χ2n) is 4.14. The fraction of sp³-hybridized carbons (Fsp3) is 1.00. The van der Waals surface area contributed by atoms with E-state index in [-0.39, 0.29) is 0 Å². The molecule has 0 aliphatic carbocycles. The Morgan fingerprint density at radius 3 is 2.21 bits per heavy atom. The number of ether oxygens (including phenoxy) is 1. The number of rotatable bonds is 10. The SMILES string of the molecule is CCCCCOCCCCNC(C)C. The van der Waals surface area contributed by atoms with Crippen LogP contribution in [0.5, 0.6) is 0 Å². The van der Waals surface area contributed by atoms with Crippen LogP contribution in [0.3, 0.4) is 0 Å². The molecule has 0 fully saturated rings. The number of unbranched alkanes of at least 4 members (excludes halogenated alkanes) is 3. The molecule has 14 heavy (non-hydrogen) atoms. The van der Waals surface area contributed by atoms with Gasteiger partial charge in [-0.25, -0.2) is 0 Å². The highest BCUT2D eigenvalue weighted by Crippen LogP contribution is 1.96. The summed E-state index contributed by atoms with van der Waals surface area (Å²) in [5.41, 5.74) is 0. The molecule has 0 rings (SSSR count). The van der Waals surface area contributed by atoms with Gasteiger partial charge < -0.3 is 10.1 Å². The van der Waals surface area contributed by atoms with Crippen molar-refractivity contribution in [3.05, 3.63) is 0 Å². The molecule has 0 aliphatic heterocycles.